The molecule has 7 nitrogen and oxygen atoms in total. The van der Waals surface area contributed by atoms with Gasteiger partial charge in [0.05, 0.1) is 50.5 Å². The summed E-state index contributed by atoms with van der Waals surface area (Å²) in [5.74, 6) is 1.37. The van der Waals surface area contributed by atoms with Crippen molar-refractivity contribution in [1.82, 2.24) is 4.90 Å². The van der Waals surface area contributed by atoms with Gasteiger partial charge in [-0.15, -0.1) is 0 Å². The molecule has 0 spiro atoms. The van der Waals surface area contributed by atoms with E-state index in [1.807, 2.05) is 23.1 Å². The number of anilines is 1. The van der Waals surface area contributed by atoms with Gasteiger partial charge < -0.3 is 19.4 Å². The number of hydrogen-bond acceptors (Lipinski definition) is 5. The number of hydrogen-bond donors (Lipinski definition) is 1. The van der Waals surface area contributed by atoms with E-state index in [-0.39, 0.29) is 29.5 Å². The monoisotopic (exact) mass is 408 g/mol. The van der Waals surface area contributed by atoms with Gasteiger partial charge in [-0.05, 0) is 31.4 Å². The first-order valence-electron chi connectivity index (χ1n) is 10.2. The molecule has 28 heavy (non-hydrogen) atoms. The average molecular weight is 409 g/mol. The van der Waals surface area contributed by atoms with Crippen molar-refractivity contribution in [2.24, 2.45) is 0 Å². The van der Waals surface area contributed by atoms with Crippen LogP contribution in [0.1, 0.15) is 19.3 Å². The lowest BCUT2D eigenvalue weighted by Crippen LogP contribution is -3.16. The number of benzene rings is 1. The molecule has 154 valence electrons. The molecule has 8 heteroatoms. The van der Waals surface area contributed by atoms with Crippen LogP contribution in [-0.2, 0) is 14.6 Å². The summed E-state index contributed by atoms with van der Waals surface area (Å²) in [4.78, 5) is 18.5. The molecule has 4 rings (SSSR count). The zero-order valence-electron chi connectivity index (χ0n) is 16.5. The molecule has 3 aliphatic rings. The Morgan fingerprint density at radius 1 is 1.18 bits per heavy atom. The van der Waals surface area contributed by atoms with Crippen LogP contribution in [0, 0.1) is 0 Å². The topological polar surface area (TPSA) is 71.4 Å². The fourth-order valence-electron chi connectivity index (χ4n) is 4.49. The van der Waals surface area contributed by atoms with Crippen LogP contribution in [0.4, 0.5) is 5.69 Å². The Balaban J connectivity index is 1.34. The number of methoxy groups -OCH3 is 1. The van der Waals surface area contributed by atoms with Crippen LogP contribution in [0.5, 0.6) is 5.75 Å². The summed E-state index contributed by atoms with van der Waals surface area (Å²) in [6, 6.07) is 8.19. The van der Waals surface area contributed by atoms with E-state index in [0.717, 1.165) is 50.5 Å². The molecular formula is C20H30N3O4S+. The number of quaternary nitrogens is 1. The summed E-state index contributed by atoms with van der Waals surface area (Å²) in [6.07, 6.45) is 2.62. The van der Waals surface area contributed by atoms with E-state index in [0.29, 0.717) is 13.0 Å². The molecule has 1 atom stereocenters. The number of nitrogens with zero attached hydrogens (tertiary/aromatic N) is 2. The van der Waals surface area contributed by atoms with Crippen molar-refractivity contribution in [2.45, 2.75) is 31.3 Å². The van der Waals surface area contributed by atoms with E-state index in [1.54, 1.807) is 7.11 Å². The van der Waals surface area contributed by atoms with E-state index < -0.39 is 9.84 Å². The quantitative estimate of drug-likeness (QED) is 0.692. The van der Waals surface area contributed by atoms with E-state index in [9.17, 15) is 13.2 Å². The van der Waals surface area contributed by atoms with Crippen molar-refractivity contribution in [3.05, 3.63) is 24.3 Å². The van der Waals surface area contributed by atoms with Crippen molar-refractivity contribution in [3.8, 4) is 5.75 Å². The van der Waals surface area contributed by atoms with Crippen LogP contribution >= 0.6 is 0 Å². The van der Waals surface area contributed by atoms with E-state index in [4.69, 9.17) is 4.74 Å². The number of ether oxygens (including phenoxy) is 1. The number of para-hydroxylation sites is 2. The molecule has 1 amide bonds. The van der Waals surface area contributed by atoms with Crippen LogP contribution in [0.15, 0.2) is 24.3 Å². The lowest BCUT2D eigenvalue weighted by molar-refractivity contribution is -0.892. The molecule has 1 saturated carbocycles. The number of rotatable bonds is 6. The molecule has 1 aliphatic carbocycles. The Bertz CT molecular complexity index is 816. The Morgan fingerprint density at radius 2 is 1.89 bits per heavy atom. The zero-order valence-corrected chi connectivity index (χ0v) is 17.3. The summed E-state index contributed by atoms with van der Waals surface area (Å²) in [6.45, 7) is 4.01. The second-order valence-electron chi connectivity index (χ2n) is 8.17. The van der Waals surface area contributed by atoms with Gasteiger partial charge in [0.1, 0.15) is 5.75 Å². The van der Waals surface area contributed by atoms with Gasteiger partial charge in [0.25, 0.3) is 5.91 Å². The maximum atomic E-state index is 13.0. The first-order valence-corrected chi connectivity index (χ1v) is 12.0. The Labute approximate surface area is 167 Å². The smallest absolute Gasteiger partial charge is 0.278 e. The molecule has 1 aromatic carbocycles. The fourth-order valence-corrected chi connectivity index (χ4v) is 6.20. The average Bonchev–Trinajstić information content (AvgIpc) is 3.45. The Hall–Kier alpha value is -1.80. The maximum absolute atomic E-state index is 13.0. The third-order valence-corrected chi connectivity index (χ3v) is 7.88. The van der Waals surface area contributed by atoms with Gasteiger partial charge in [0, 0.05) is 12.1 Å². The fraction of sp³-hybridized carbons (Fsp3) is 0.650. The summed E-state index contributed by atoms with van der Waals surface area (Å²) in [5.41, 5.74) is 1.10. The minimum absolute atomic E-state index is 0.112. The Kier molecular flexibility index (Phi) is 5.51. The molecule has 1 N–H and O–H groups in total. The van der Waals surface area contributed by atoms with Crippen molar-refractivity contribution in [1.29, 1.82) is 0 Å². The lowest BCUT2D eigenvalue weighted by atomic mass is 10.2. The van der Waals surface area contributed by atoms with E-state index in [1.165, 1.54) is 4.90 Å². The van der Waals surface area contributed by atoms with Crippen LogP contribution in [-0.4, -0.2) is 82.6 Å². The number of carbonyl (C=O) groups excluding carboxylic acids is 1. The molecule has 1 aromatic rings. The molecule has 0 radical (unpaired) electrons. The minimum Gasteiger partial charge on any atom is -0.495 e. The van der Waals surface area contributed by atoms with E-state index >= 15 is 0 Å². The highest BCUT2D eigenvalue weighted by Gasteiger charge is 2.43. The third kappa shape index (κ3) is 4.27. The van der Waals surface area contributed by atoms with Crippen molar-refractivity contribution in [2.75, 3.05) is 56.2 Å². The number of sulfone groups is 1. The van der Waals surface area contributed by atoms with Crippen molar-refractivity contribution < 1.29 is 22.8 Å². The van der Waals surface area contributed by atoms with Crippen LogP contribution in [0.3, 0.4) is 0 Å². The first kappa shape index (κ1) is 19.5. The highest BCUT2D eigenvalue weighted by molar-refractivity contribution is 7.91. The minimum atomic E-state index is -2.98. The SMILES string of the molecule is COc1ccccc1N1CC[NH+](CC(=O)N(C2CC2)[C@H]2CCS(=O)(=O)C2)CC1. The van der Waals surface area contributed by atoms with Crippen LogP contribution in [0.2, 0.25) is 0 Å². The predicted octanol–water partition coefficient (Wildman–Crippen LogP) is -0.422. The molecule has 2 aliphatic heterocycles. The maximum Gasteiger partial charge on any atom is 0.278 e. The number of nitrogens with one attached hydrogen (secondary N) is 1. The van der Waals surface area contributed by atoms with Gasteiger partial charge >= 0.3 is 0 Å². The van der Waals surface area contributed by atoms with Gasteiger partial charge in [0.15, 0.2) is 16.4 Å². The van der Waals surface area contributed by atoms with Crippen molar-refractivity contribution >= 4 is 21.4 Å². The van der Waals surface area contributed by atoms with Crippen molar-refractivity contribution in [3.63, 3.8) is 0 Å². The zero-order chi connectivity index (χ0) is 19.7. The van der Waals surface area contributed by atoms with Gasteiger partial charge in [-0.3, -0.25) is 4.79 Å². The number of amides is 1. The van der Waals surface area contributed by atoms with Crippen LogP contribution < -0.4 is 14.5 Å². The second-order valence-corrected chi connectivity index (χ2v) is 10.4. The second kappa shape index (κ2) is 7.91. The summed E-state index contributed by atoms with van der Waals surface area (Å²) < 4.78 is 29.2. The highest BCUT2D eigenvalue weighted by Crippen LogP contribution is 2.32. The van der Waals surface area contributed by atoms with Crippen LogP contribution in [0.25, 0.3) is 0 Å². The molecule has 0 unspecified atom stereocenters. The molecular weight excluding hydrogens is 378 g/mol. The van der Waals surface area contributed by atoms with Gasteiger partial charge in [-0.25, -0.2) is 8.42 Å². The normalized spacial score (nSPS) is 24.9. The first-order chi connectivity index (χ1) is 13.5. The Morgan fingerprint density at radius 3 is 2.50 bits per heavy atom. The number of carbonyl (C=O) groups is 1. The van der Waals surface area contributed by atoms with E-state index in [2.05, 4.69) is 11.0 Å². The largest absolute Gasteiger partial charge is 0.495 e. The summed E-state index contributed by atoms with van der Waals surface area (Å²) in [5, 5.41) is 0. The summed E-state index contributed by atoms with van der Waals surface area (Å²) in [7, 11) is -1.29. The lowest BCUT2D eigenvalue weighted by Gasteiger charge is -2.35. The molecule has 2 saturated heterocycles. The standard InChI is InChI=1S/C20H29N3O4S/c1-27-19-5-3-2-4-18(19)22-11-9-21(10-12-22)14-20(24)23(16-6-7-16)17-8-13-28(25,26)15-17/h2-5,16-17H,6-15H2,1H3/p+1/t17-/m0/s1. The van der Waals surface area contributed by atoms with Gasteiger partial charge in [-0.2, -0.15) is 0 Å². The number of piperazine rings is 1. The molecule has 0 aromatic heterocycles. The highest BCUT2D eigenvalue weighted by atomic mass is 32.2. The third-order valence-electron chi connectivity index (χ3n) is 6.13. The molecule has 0 bridgehead atoms. The predicted molar refractivity (Wildman–Crippen MR) is 108 cm³/mol. The molecule has 3 fully saturated rings. The van der Waals surface area contributed by atoms with Gasteiger partial charge in [0.2, 0.25) is 0 Å². The van der Waals surface area contributed by atoms with Gasteiger partial charge in [-0.1, -0.05) is 12.1 Å². The molecule has 2 heterocycles. The summed E-state index contributed by atoms with van der Waals surface area (Å²) >= 11 is 0.